The lowest BCUT2D eigenvalue weighted by Gasteiger charge is -2.13. The number of amides is 2. The Balaban J connectivity index is 3.84. The van der Waals surface area contributed by atoms with Crippen LogP contribution >= 0.6 is 0 Å². The highest BCUT2D eigenvalue weighted by Gasteiger charge is 2.14. The predicted molar refractivity (Wildman–Crippen MR) is 59.1 cm³/mol. The Kier molecular flexibility index (Phi) is 6.70. The van der Waals surface area contributed by atoms with E-state index in [2.05, 4.69) is 10.6 Å². The van der Waals surface area contributed by atoms with Gasteiger partial charge >= 0.3 is 0 Å². The molecule has 4 N–H and O–H groups in total. The van der Waals surface area contributed by atoms with Crippen molar-refractivity contribution >= 4 is 11.8 Å². The van der Waals surface area contributed by atoms with E-state index in [0.717, 1.165) is 0 Å². The smallest absolute Gasteiger partial charge is 0.239 e. The van der Waals surface area contributed by atoms with E-state index in [-0.39, 0.29) is 30.3 Å². The molecular formula is C10H21N3O2. The van der Waals surface area contributed by atoms with E-state index >= 15 is 0 Å². The van der Waals surface area contributed by atoms with E-state index in [9.17, 15) is 9.59 Å². The maximum absolute atomic E-state index is 11.4. The summed E-state index contributed by atoms with van der Waals surface area (Å²) in [5.74, 6) is -0.527. The highest BCUT2D eigenvalue weighted by Crippen LogP contribution is 1.98. The average Bonchev–Trinajstić information content (AvgIpc) is 2.15. The van der Waals surface area contributed by atoms with Crippen molar-refractivity contribution in [2.24, 2.45) is 11.7 Å². The number of nitrogens with two attached hydrogens (primary N) is 1. The molecule has 0 heterocycles. The van der Waals surface area contributed by atoms with Crippen LogP contribution in [0.3, 0.4) is 0 Å². The summed E-state index contributed by atoms with van der Waals surface area (Å²) in [5.41, 5.74) is 5.41. The van der Waals surface area contributed by atoms with Crippen LogP contribution in [0.2, 0.25) is 0 Å². The molecule has 88 valence electrons. The van der Waals surface area contributed by atoms with Crippen LogP contribution in [0.1, 0.15) is 27.2 Å². The molecule has 5 heteroatoms. The normalized spacial score (nSPS) is 12.3. The third-order valence-electron chi connectivity index (χ3n) is 2.02. The maximum atomic E-state index is 11.4. The largest absolute Gasteiger partial charge is 0.352 e. The quantitative estimate of drug-likeness (QED) is 0.564. The van der Waals surface area contributed by atoms with Gasteiger partial charge in [0.25, 0.3) is 0 Å². The molecule has 0 aliphatic heterocycles. The summed E-state index contributed by atoms with van der Waals surface area (Å²) in [6.07, 6.45) is 0.689. The Labute approximate surface area is 90.8 Å². The zero-order valence-corrected chi connectivity index (χ0v) is 9.67. The first-order valence-electron chi connectivity index (χ1n) is 5.28. The minimum atomic E-state index is -0.197. The lowest BCUT2D eigenvalue weighted by molar-refractivity contribution is -0.128. The fourth-order valence-corrected chi connectivity index (χ4v) is 1.14. The molecule has 15 heavy (non-hydrogen) atoms. The minimum absolute atomic E-state index is 0.0213. The molecule has 0 saturated carbocycles. The molecule has 0 aromatic heterocycles. The molecule has 0 aromatic carbocycles. The van der Waals surface area contributed by atoms with E-state index in [4.69, 9.17) is 5.73 Å². The van der Waals surface area contributed by atoms with Gasteiger partial charge in [-0.1, -0.05) is 6.92 Å². The first kappa shape index (κ1) is 13.9. The van der Waals surface area contributed by atoms with Crippen molar-refractivity contribution in [3.8, 4) is 0 Å². The second-order valence-corrected chi connectivity index (χ2v) is 3.78. The van der Waals surface area contributed by atoms with Crippen LogP contribution in [-0.2, 0) is 9.59 Å². The van der Waals surface area contributed by atoms with Gasteiger partial charge in [0.1, 0.15) is 0 Å². The molecule has 1 unspecified atom stereocenters. The van der Waals surface area contributed by atoms with Crippen LogP contribution in [0.15, 0.2) is 0 Å². The van der Waals surface area contributed by atoms with Gasteiger partial charge < -0.3 is 16.4 Å². The number of carbonyl (C=O) groups is 2. The molecule has 0 rings (SSSR count). The van der Waals surface area contributed by atoms with Crippen molar-refractivity contribution in [3.63, 3.8) is 0 Å². The summed E-state index contributed by atoms with van der Waals surface area (Å²) >= 11 is 0. The lowest BCUT2D eigenvalue weighted by Crippen LogP contribution is -2.42. The molecule has 0 aromatic rings. The molecule has 0 aliphatic carbocycles. The van der Waals surface area contributed by atoms with E-state index in [1.807, 2.05) is 20.8 Å². The highest BCUT2D eigenvalue weighted by atomic mass is 16.2. The number of hydrogen-bond donors (Lipinski definition) is 3. The molecule has 0 aliphatic rings. The van der Waals surface area contributed by atoms with Crippen molar-refractivity contribution in [1.29, 1.82) is 0 Å². The molecule has 0 radical (unpaired) electrons. The molecular weight excluding hydrogens is 194 g/mol. The van der Waals surface area contributed by atoms with E-state index < -0.39 is 0 Å². The standard InChI is InChI=1S/C10H21N3O2/c1-4-8(5-11)10(15)12-6-9(14)13-7(2)3/h7-8H,4-6,11H2,1-3H3,(H,12,15)(H,13,14). The number of carbonyl (C=O) groups excluding carboxylic acids is 2. The van der Waals surface area contributed by atoms with Gasteiger partial charge in [-0.2, -0.15) is 0 Å². The van der Waals surface area contributed by atoms with Gasteiger partial charge in [-0.3, -0.25) is 9.59 Å². The summed E-state index contributed by atoms with van der Waals surface area (Å²) in [6, 6.07) is 0.0888. The van der Waals surface area contributed by atoms with Crippen molar-refractivity contribution in [2.75, 3.05) is 13.1 Å². The Morgan fingerprint density at radius 2 is 1.93 bits per heavy atom. The zero-order valence-electron chi connectivity index (χ0n) is 9.67. The fourth-order valence-electron chi connectivity index (χ4n) is 1.14. The van der Waals surface area contributed by atoms with E-state index in [1.165, 1.54) is 0 Å². The van der Waals surface area contributed by atoms with Crippen LogP contribution in [0.5, 0.6) is 0 Å². The topological polar surface area (TPSA) is 84.2 Å². The van der Waals surface area contributed by atoms with Crippen LogP contribution in [0.25, 0.3) is 0 Å². The summed E-state index contributed by atoms with van der Waals surface area (Å²) in [7, 11) is 0. The monoisotopic (exact) mass is 215 g/mol. The van der Waals surface area contributed by atoms with Crippen molar-refractivity contribution in [2.45, 2.75) is 33.2 Å². The second kappa shape index (κ2) is 7.23. The van der Waals surface area contributed by atoms with Gasteiger partial charge in [-0.15, -0.1) is 0 Å². The number of rotatable bonds is 6. The molecule has 0 saturated heterocycles. The highest BCUT2D eigenvalue weighted by molar-refractivity contribution is 5.85. The van der Waals surface area contributed by atoms with Crippen molar-refractivity contribution in [1.82, 2.24) is 10.6 Å². The van der Waals surface area contributed by atoms with Gasteiger partial charge in [0.05, 0.1) is 6.54 Å². The Hall–Kier alpha value is -1.10. The van der Waals surface area contributed by atoms with E-state index in [0.29, 0.717) is 13.0 Å². The number of nitrogens with one attached hydrogen (secondary N) is 2. The van der Waals surface area contributed by atoms with E-state index in [1.54, 1.807) is 0 Å². The van der Waals surface area contributed by atoms with Gasteiger partial charge in [0, 0.05) is 18.5 Å². The third-order valence-corrected chi connectivity index (χ3v) is 2.02. The maximum Gasteiger partial charge on any atom is 0.239 e. The fraction of sp³-hybridized carbons (Fsp3) is 0.800. The predicted octanol–water partition coefficient (Wildman–Crippen LogP) is -0.388. The second-order valence-electron chi connectivity index (χ2n) is 3.78. The van der Waals surface area contributed by atoms with Crippen LogP contribution in [0, 0.1) is 5.92 Å². The Morgan fingerprint density at radius 1 is 1.33 bits per heavy atom. The Bertz CT molecular complexity index is 213. The summed E-state index contributed by atoms with van der Waals surface area (Å²) in [6.45, 7) is 5.97. The SMILES string of the molecule is CCC(CN)C(=O)NCC(=O)NC(C)C. The van der Waals surface area contributed by atoms with Gasteiger partial charge in [-0.25, -0.2) is 0 Å². The van der Waals surface area contributed by atoms with Crippen LogP contribution in [-0.4, -0.2) is 30.9 Å². The molecule has 0 bridgehead atoms. The van der Waals surface area contributed by atoms with Crippen LogP contribution in [0.4, 0.5) is 0 Å². The first-order valence-corrected chi connectivity index (χ1v) is 5.28. The first-order chi connectivity index (χ1) is 7.01. The zero-order chi connectivity index (χ0) is 11.8. The summed E-state index contributed by atoms with van der Waals surface area (Å²) < 4.78 is 0. The van der Waals surface area contributed by atoms with Crippen molar-refractivity contribution in [3.05, 3.63) is 0 Å². The van der Waals surface area contributed by atoms with Crippen LogP contribution < -0.4 is 16.4 Å². The number of hydrogen-bond acceptors (Lipinski definition) is 3. The molecule has 1 atom stereocenters. The summed E-state index contributed by atoms with van der Waals surface area (Å²) in [4.78, 5) is 22.6. The molecule has 0 spiro atoms. The van der Waals surface area contributed by atoms with Gasteiger partial charge in [-0.05, 0) is 20.3 Å². The third kappa shape index (κ3) is 6.06. The molecule has 2 amide bonds. The molecule has 0 fully saturated rings. The summed E-state index contributed by atoms with van der Waals surface area (Å²) in [5, 5.41) is 5.25. The van der Waals surface area contributed by atoms with Gasteiger partial charge in [0.2, 0.25) is 11.8 Å². The molecule has 5 nitrogen and oxygen atoms in total. The van der Waals surface area contributed by atoms with Gasteiger partial charge in [0.15, 0.2) is 0 Å². The Morgan fingerprint density at radius 3 is 2.33 bits per heavy atom. The van der Waals surface area contributed by atoms with Crippen molar-refractivity contribution < 1.29 is 9.59 Å². The lowest BCUT2D eigenvalue weighted by atomic mass is 10.1. The minimum Gasteiger partial charge on any atom is -0.352 e. The average molecular weight is 215 g/mol.